The second-order valence-corrected chi connectivity index (χ2v) is 6.47. The molecule has 3 heteroatoms. The van der Waals surface area contributed by atoms with Gasteiger partial charge in [0.25, 0.3) is 0 Å². The molecule has 0 saturated carbocycles. The van der Waals surface area contributed by atoms with E-state index in [4.69, 9.17) is 11.6 Å². The summed E-state index contributed by atoms with van der Waals surface area (Å²) in [6, 6.07) is 21.8. The fourth-order valence-electron chi connectivity index (χ4n) is 3.41. The van der Waals surface area contributed by atoms with Crippen molar-refractivity contribution in [2.45, 2.75) is 6.92 Å². The first-order valence-electron chi connectivity index (χ1n) is 8.11. The van der Waals surface area contributed by atoms with Crippen LogP contribution in [0.1, 0.15) is 16.1 Å². The predicted octanol–water partition coefficient (Wildman–Crippen LogP) is 6.05. The summed E-state index contributed by atoms with van der Waals surface area (Å²) in [4.78, 5) is 12.0. The number of fused-ring (bicyclic) bond motifs is 1. The van der Waals surface area contributed by atoms with E-state index in [0.29, 0.717) is 10.7 Å². The van der Waals surface area contributed by atoms with Crippen molar-refractivity contribution in [3.63, 3.8) is 0 Å². The highest BCUT2D eigenvalue weighted by atomic mass is 35.5. The van der Waals surface area contributed by atoms with E-state index in [9.17, 15) is 4.79 Å². The van der Waals surface area contributed by atoms with Crippen molar-refractivity contribution in [2.24, 2.45) is 0 Å². The third-order valence-corrected chi connectivity index (χ3v) is 4.76. The van der Waals surface area contributed by atoms with Crippen LogP contribution in [0, 0.1) is 6.92 Å². The van der Waals surface area contributed by atoms with Gasteiger partial charge in [-0.2, -0.15) is 0 Å². The normalized spacial score (nSPS) is 11.0. The van der Waals surface area contributed by atoms with Crippen LogP contribution < -0.4 is 0 Å². The molecule has 2 heterocycles. The Kier molecular flexibility index (Phi) is 3.90. The molecule has 0 saturated heterocycles. The van der Waals surface area contributed by atoms with Gasteiger partial charge in [0.1, 0.15) is 0 Å². The molecule has 2 aromatic carbocycles. The van der Waals surface area contributed by atoms with Crippen LogP contribution in [-0.2, 0) is 0 Å². The van der Waals surface area contributed by atoms with Crippen molar-refractivity contribution >= 4 is 23.4 Å². The smallest absolute Gasteiger partial charge is 0.167 e. The van der Waals surface area contributed by atoms with Crippen LogP contribution in [0.3, 0.4) is 0 Å². The lowest BCUT2D eigenvalue weighted by atomic mass is 9.95. The molecular weight excluding hydrogens is 330 g/mol. The number of pyridine rings is 1. The molecule has 0 fully saturated rings. The zero-order chi connectivity index (χ0) is 17.4. The first-order valence-corrected chi connectivity index (χ1v) is 8.48. The minimum Gasteiger partial charge on any atom is -0.313 e. The Morgan fingerprint density at radius 1 is 0.840 bits per heavy atom. The van der Waals surface area contributed by atoms with Crippen LogP contribution in [0.4, 0.5) is 0 Å². The third kappa shape index (κ3) is 2.55. The average Bonchev–Trinajstić information content (AvgIpc) is 2.99. The van der Waals surface area contributed by atoms with Crippen LogP contribution >= 0.6 is 11.6 Å². The molecule has 2 aromatic heterocycles. The number of halogens is 1. The molecule has 4 aromatic rings. The van der Waals surface area contributed by atoms with E-state index >= 15 is 0 Å². The SMILES string of the molecule is Cc1cccn2c(C=O)c(-c3ccccc3)c(-c3ccc(Cl)cc3)c12. The molecule has 4 rings (SSSR count). The van der Waals surface area contributed by atoms with Gasteiger partial charge < -0.3 is 4.40 Å². The number of hydrogen-bond donors (Lipinski definition) is 0. The number of nitrogens with zero attached hydrogens (tertiary/aromatic N) is 1. The van der Waals surface area contributed by atoms with Crippen molar-refractivity contribution in [1.29, 1.82) is 0 Å². The van der Waals surface area contributed by atoms with E-state index in [2.05, 4.69) is 13.0 Å². The number of aryl methyl sites for hydroxylation is 1. The summed E-state index contributed by atoms with van der Waals surface area (Å²) < 4.78 is 1.98. The maximum absolute atomic E-state index is 12.0. The highest BCUT2D eigenvalue weighted by Gasteiger charge is 2.21. The van der Waals surface area contributed by atoms with Gasteiger partial charge in [0.15, 0.2) is 6.29 Å². The molecule has 25 heavy (non-hydrogen) atoms. The zero-order valence-corrected chi connectivity index (χ0v) is 14.5. The van der Waals surface area contributed by atoms with Crippen LogP contribution in [0.2, 0.25) is 5.02 Å². The third-order valence-electron chi connectivity index (χ3n) is 4.51. The van der Waals surface area contributed by atoms with E-state index in [1.54, 1.807) is 0 Å². The van der Waals surface area contributed by atoms with Gasteiger partial charge in [-0.3, -0.25) is 4.79 Å². The first kappa shape index (κ1) is 15.7. The van der Waals surface area contributed by atoms with Crippen molar-refractivity contribution in [1.82, 2.24) is 4.40 Å². The Hall–Kier alpha value is -2.84. The van der Waals surface area contributed by atoms with Crippen molar-refractivity contribution in [3.05, 3.63) is 89.2 Å². The predicted molar refractivity (Wildman–Crippen MR) is 103 cm³/mol. The monoisotopic (exact) mass is 345 g/mol. The van der Waals surface area contributed by atoms with E-state index in [0.717, 1.165) is 39.6 Å². The first-order chi connectivity index (χ1) is 12.2. The Morgan fingerprint density at radius 3 is 2.20 bits per heavy atom. The number of aldehydes is 1. The minimum absolute atomic E-state index is 0.662. The highest BCUT2D eigenvalue weighted by molar-refractivity contribution is 6.30. The Labute approximate surface area is 151 Å². The molecular formula is C22H16ClNO. The largest absolute Gasteiger partial charge is 0.313 e. The van der Waals surface area contributed by atoms with Crippen LogP contribution in [0.15, 0.2) is 72.9 Å². The maximum Gasteiger partial charge on any atom is 0.167 e. The van der Waals surface area contributed by atoms with E-state index in [-0.39, 0.29) is 0 Å². The quantitative estimate of drug-likeness (QED) is 0.414. The van der Waals surface area contributed by atoms with Gasteiger partial charge in [0.05, 0.1) is 11.2 Å². The Morgan fingerprint density at radius 2 is 1.52 bits per heavy atom. The molecule has 0 aliphatic rings. The number of benzene rings is 2. The van der Waals surface area contributed by atoms with Crippen molar-refractivity contribution in [2.75, 3.05) is 0 Å². The van der Waals surface area contributed by atoms with E-state index in [1.807, 2.05) is 71.3 Å². The number of rotatable bonds is 3. The molecule has 0 bridgehead atoms. The fourth-order valence-corrected chi connectivity index (χ4v) is 3.54. The van der Waals surface area contributed by atoms with Gasteiger partial charge in [0, 0.05) is 22.3 Å². The summed E-state index contributed by atoms with van der Waals surface area (Å²) >= 11 is 6.08. The molecule has 122 valence electrons. The molecule has 0 spiro atoms. The topological polar surface area (TPSA) is 21.5 Å². The maximum atomic E-state index is 12.0. The van der Waals surface area contributed by atoms with Crippen LogP contribution in [0.5, 0.6) is 0 Å². The average molecular weight is 346 g/mol. The summed E-state index contributed by atoms with van der Waals surface area (Å²) in [5.41, 5.74) is 6.91. The molecule has 0 aliphatic carbocycles. The molecule has 0 unspecified atom stereocenters. The summed E-state index contributed by atoms with van der Waals surface area (Å²) in [7, 11) is 0. The zero-order valence-electron chi connectivity index (χ0n) is 13.7. The molecule has 0 N–H and O–H groups in total. The van der Waals surface area contributed by atoms with Crippen molar-refractivity contribution < 1.29 is 4.79 Å². The summed E-state index contributed by atoms with van der Waals surface area (Å²) in [5.74, 6) is 0. The van der Waals surface area contributed by atoms with Crippen LogP contribution in [-0.4, -0.2) is 10.7 Å². The second kappa shape index (κ2) is 6.23. The van der Waals surface area contributed by atoms with Gasteiger partial charge in [-0.05, 0) is 41.8 Å². The number of carbonyl (C=O) groups excluding carboxylic acids is 1. The lowest BCUT2D eigenvalue weighted by molar-refractivity contribution is 0.111. The molecule has 2 nitrogen and oxygen atoms in total. The lowest BCUT2D eigenvalue weighted by Crippen LogP contribution is -1.92. The van der Waals surface area contributed by atoms with Crippen LogP contribution in [0.25, 0.3) is 27.8 Å². The van der Waals surface area contributed by atoms with Gasteiger partial charge in [0.2, 0.25) is 0 Å². The highest BCUT2D eigenvalue weighted by Crippen LogP contribution is 2.41. The summed E-state index contributed by atoms with van der Waals surface area (Å²) in [6.07, 6.45) is 2.88. The second-order valence-electron chi connectivity index (χ2n) is 6.04. The standard InChI is InChI=1S/C22H16ClNO/c1-15-6-5-13-24-19(14-25)20(16-7-3-2-4-8-16)21(22(15)24)17-9-11-18(23)12-10-17/h2-14H,1H3. The van der Waals surface area contributed by atoms with Gasteiger partial charge in [-0.25, -0.2) is 0 Å². The number of hydrogen-bond acceptors (Lipinski definition) is 1. The summed E-state index contributed by atoms with van der Waals surface area (Å²) in [6.45, 7) is 2.07. The van der Waals surface area contributed by atoms with E-state index < -0.39 is 0 Å². The van der Waals surface area contributed by atoms with Gasteiger partial charge in [-0.15, -0.1) is 0 Å². The fraction of sp³-hybridized carbons (Fsp3) is 0.0455. The van der Waals surface area contributed by atoms with Crippen molar-refractivity contribution in [3.8, 4) is 22.3 Å². The molecule has 0 aliphatic heterocycles. The Balaban J connectivity index is 2.18. The van der Waals surface area contributed by atoms with Gasteiger partial charge >= 0.3 is 0 Å². The minimum atomic E-state index is 0.662. The molecule has 0 atom stereocenters. The molecule has 0 radical (unpaired) electrons. The lowest BCUT2D eigenvalue weighted by Gasteiger charge is -2.08. The molecule has 0 amide bonds. The number of carbonyl (C=O) groups is 1. The number of aromatic nitrogens is 1. The Bertz CT molecular complexity index is 1060. The summed E-state index contributed by atoms with van der Waals surface area (Å²) in [5, 5.41) is 0.695. The van der Waals surface area contributed by atoms with Gasteiger partial charge in [-0.1, -0.05) is 60.1 Å². The van der Waals surface area contributed by atoms with E-state index in [1.165, 1.54) is 0 Å².